The van der Waals surface area contributed by atoms with Gasteiger partial charge in [0, 0.05) is 26.1 Å². The average molecular weight is 305 g/mol. The topological polar surface area (TPSA) is 65.1 Å². The van der Waals surface area contributed by atoms with Crippen molar-refractivity contribution >= 4 is 15.9 Å². The maximum atomic E-state index is 5.53. The van der Waals surface area contributed by atoms with Crippen LogP contribution in [0.1, 0.15) is 24.7 Å². The molecule has 1 unspecified atom stereocenters. The minimum absolute atomic E-state index is 0.104. The highest BCUT2D eigenvalue weighted by Crippen LogP contribution is 2.21. The highest BCUT2D eigenvalue weighted by molar-refractivity contribution is 9.10. The standard InChI is InChI=1S/C11H21BrN4O/c1-4-5-17-7-9(14-13)6-10-11(12)8(2)15-16(10)3/h9,14H,4-7,13H2,1-3H3. The van der Waals surface area contributed by atoms with Gasteiger partial charge in [-0.3, -0.25) is 16.0 Å². The molecular formula is C11H21BrN4O. The van der Waals surface area contributed by atoms with Crippen molar-refractivity contribution in [2.75, 3.05) is 13.2 Å². The molecule has 0 saturated carbocycles. The van der Waals surface area contributed by atoms with Crippen molar-refractivity contribution in [3.05, 3.63) is 15.9 Å². The second-order valence-corrected chi connectivity index (χ2v) is 4.91. The monoisotopic (exact) mass is 304 g/mol. The van der Waals surface area contributed by atoms with E-state index in [0.717, 1.165) is 35.3 Å². The Bertz CT molecular complexity index is 353. The summed E-state index contributed by atoms with van der Waals surface area (Å²) in [5.74, 6) is 5.53. The number of hydrogen-bond acceptors (Lipinski definition) is 4. The number of nitrogens with two attached hydrogens (primary N) is 1. The largest absolute Gasteiger partial charge is 0.380 e. The molecule has 5 nitrogen and oxygen atoms in total. The number of aromatic nitrogens is 2. The Morgan fingerprint density at radius 1 is 1.59 bits per heavy atom. The Morgan fingerprint density at radius 3 is 2.76 bits per heavy atom. The van der Waals surface area contributed by atoms with Crippen LogP contribution in [0.5, 0.6) is 0 Å². The van der Waals surface area contributed by atoms with Crippen LogP contribution in [-0.2, 0) is 18.2 Å². The second kappa shape index (κ2) is 7.10. The summed E-state index contributed by atoms with van der Waals surface area (Å²) in [4.78, 5) is 0. The number of halogens is 1. The first-order chi connectivity index (χ1) is 8.10. The van der Waals surface area contributed by atoms with E-state index in [4.69, 9.17) is 10.6 Å². The second-order valence-electron chi connectivity index (χ2n) is 4.11. The van der Waals surface area contributed by atoms with Gasteiger partial charge in [-0.05, 0) is 29.3 Å². The molecule has 98 valence electrons. The SMILES string of the molecule is CCCOCC(Cc1c(Br)c(C)nn1C)NN. The van der Waals surface area contributed by atoms with Crippen molar-refractivity contribution in [3.63, 3.8) is 0 Å². The van der Waals surface area contributed by atoms with Gasteiger partial charge in [0.1, 0.15) is 0 Å². The Kier molecular flexibility index (Phi) is 6.11. The average Bonchev–Trinajstić information content (AvgIpc) is 2.54. The molecule has 0 amide bonds. The molecule has 1 heterocycles. The predicted molar refractivity (Wildman–Crippen MR) is 71.6 cm³/mol. The van der Waals surface area contributed by atoms with Gasteiger partial charge >= 0.3 is 0 Å². The van der Waals surface area contributed by atoms with Gasteiger partial charge in [-0.25, -0.2) is 0 Å². The van der Waals surface area contributed by atoms with Crippen molar-refractivity contribution in [3.8, 4) is 0 Å². The molecule has 0 aliphatic heterocycles. The van der Waals surface area contributed by atoms with Crippen LogP contribution in [-0.4, -0.2) is 29.0 Å². The number of aryl methyl sites for hydroxylation is 2. The Labute approximate surface area is 111 Å². The van der Waals surface area contributed by atoms with Gasteiger partial charge in [0.25, 0.3) is 0 Å². The van der Waals surface area contributed by atoms with Gasteiger partial charge < -0.3 is 4.74 Å². The molecule has 3 N–H and O–H groups in total. The zero-order valence-corrected chi connectivity index (χ0v) is 12.2. The summed E-state index contributed by atoms with van der Waals surface area (Å²) < 4.78 is 8.44. The molecule has 0 fully saturated rings. The Morgan fingerprint density at radius 2 is 2.29 bits per heavy atom. The lowest BCUT2D eigenvalue weighted by atomic mass is 10.1. The normalized spacial score (nSPS) is 13.0. The van der Waals surface area contributed by atoms with Gasteiger partial charge in [-0.15, -0.1) is 0 Å². The number of hydrogen-bond donors (Lipinski definition) is 2. The molecule has 0 aliphatic carbocycles. The van der Waals surface area contributed by atoms with E-state index in [1.807, 2.05) is 18.7 Å². The lowest BCUT2D eigenvalue weighted by molar-refractivity contribution is 0.111. The summed E-state index contributed by atoms with van der Waals surface area (Å²) in [5.41, 5.74) is 4.91. The number of rotatable bonds is 7. The van der Waals surface area contributed by atoms with Gasteiger partial charge in [0.2, 0.25) is 0 Å². The zero-order valence-electron chi connectivity index (χ0n) is 10.7. The Hall–Kier alpha value is -0.430. The first-order valence-electron chi connectivity index (χ1n) is 5.82. The van der Waals surface area contributed by atoms with E-state index in [1.54, 1.807) is 0 Å². The number of nitrogens with one attached hydrogen (secondary N) is 1. The van der Waals surface area contributed by atoms with Crippen LogP contribution in [0.4, 0.5) is 0 Å². The quantitative estimate of drug-likeness (QED) is 0.453. The summed E-state index contributed by atoms with van der Waals surface area (Å²) in [5, 5.41) is 4.35. The lowest BCUT2D eigenvalue weighted by Crippen LogP contribution is -2.40. The van der Waals surface area contributed by atoms with Gasteiger partial charge in [0.15, 0.2) is 0 Å². The third-order valence-corrected chi connectivity index (χ3v) is 3.64. The first kappa shape index (κ1) is 14.6. The van der Waals surface area contributed by atoms with Crippen LogP contribution in [0, 0.1) is 6.92 Å². The molecule has 0 radical (unpaired) electrons. The van der Waals surface area contributed by atoms with E-state index in [2.05, 4.69) is 33.4 Å². The molecule has 1 atom stereocenters. The van der Waals surface area contributed by atoms with Crippen LogP contribution in [0.15, 0.2) is 4.47 Å². The number of hydrazine groups is 1. The molecule has 1 rings (SSSR count). The van der Waals surface area contributed by atoms with E-state index in [9.17, 15) is 0 Å². The van der Waals surface area contributed by atoms with Crippen LogP contribution in [0.3, 0.4) is 0 Å². The van der Waals surface area contributed by atoms with Crippen molar-refractivity contribution in [1.82, 2.24) is 15.2 Å². The Balaban J connectivity index is 2.60. The fourth-order valence-corrected chi connectivity index (χ4v) is 2.17. The molecule has 0 spiro atoms. The molecule has 0 saturated heterocycles. The van der Waals surface area contributed by atoms with E-state index >= 15 is 0 Å². The summed E-state index contributed by atoms with van der Waals surface area (Å²) in [6, 6.07) is 0.104. The van der Waals surface area contributed by atoms with E-state index < -0.39 is 0 Å². The minimum atomic E-state index is 0.104. The summed E-state index contributed by atoms with van der Waals surface area (Å²) >= 11 is 3.55. The van der Waals surface area contributed by atoms with Gasteiger partial charge in [-0.1, -0.05) is 6.92 Å². The molecule has 17 heavy (non-hydrogen) atoms. The highest BCUT2D eigenvalue weighted by atomic mass is 79.9. The minimum Gasteiger partial charge on any atom is -0.380 e. The van der Waals surface area contributed by atoms with E-state index in [1.165, 1.54) is 0 Å². The maximum Gasteiger partial charge on any atom is 0.0738 e. The highest BCUT2D eigenvalue weighted by Gasteiger charge is 2.15. The summed E-state index contributed by atoms with van der Waals surface area (Å²) in [7, 11) is 1.94. The number of nitrogens with zero attached hydrogens (tertiary/aromatic N) is 2. The molecule has 0 bridgehead atoms. The van der Waals surface area contributed by atoms with Gasteiger partial charge in [-0.2, -0.15) is 5.10 Å². The number of ether oxygens (including phenoxy) is 1. The van der Waals surface area contributed by atoms with E-state index in [0.29, 0.717) is 6.61 Å². The molecule has 6 heteroatoms. The lowest BCUT2D eigenvalue weighted by Gasteiger charge is -2.16. The summed E-state index contributed by atoms with van der Waals surface area (Å²) in [6.07, 6.45) is 1.81. The zero-order chi connectivity index (χ0) is 12.8. The smallest absolute Gasteiger partial charge is 0.0738 e. The van der Waals surface area contributed by atoms with Crippen LogP contribution >= 0.6 is 15.9 Å². The van der Waals surface area contributed by atoms with E-state index in [-0.39, 0.29) is 6.04 Å². The van der Waals surface area contributed by atoms with Crippen molar-refractivity contribution < 1.29 is 4.74 Å². The third kappa shape index (κ3) is 4.06. The van der Waals surface area contributed by atoms with Crippen molar-refractivity contribution in [2.45, 2.75) is 32.7 Å². The van der Waals surface area contributed by atoms with Gasteiger partial charge in [0.05, 0.1) is 22.5 Å². The first-order valence-corrected chi connectivity index (χ1v) is 6.61. The molecular weight excluding hydrogens is 284 g/mol. The van der Waals surface area contributed by atoms with Crippen LogP contribution in [0.2, 0.25) is 0 Å². The van der Waals surface area contributed by atoms with Crippen LogP contribution < -0.4 is 11.3 Å². The van der Waals surface area contributed by atoms with Crippen LogP contribution in [0.25, 0.3) is 0 Å². The molecule has 0 aliphatic rings. The fourth-order valence-electron chi connectivity index (χ4n) is 1.67. The third-order valence-electron chi connectivity index (χ3n) is 2.60. The maximum absolute atomic E-state index is 5.53. The summed E-state index contributed by atoms with van der Waals surface area (Å²) in [6.45, 7) is 5.45. The predicted octanol–water partition coefficient (Wildman–Crippen LogP) is 1.29. The fraction of sp³-hybridized carbons (Fsp3) is 0.727. The molecule has 0 aromatic carbocycles. The molecule has 1 aromatic rings. The van der Waals surface area contributed by atoms with Crippen molar-refractivity contribution in [1.29, 1.82) is 0 Å². The molecule has 1 aromatic heterocycles. The van der Waals surface area contributed by atoms with Crippen molar-refractivity contribution in [2.24, 2.45) is 12.9 Å².